The van der Waals surface area contributed by atoms with Crippen molar-refractivity contribution in [3.05, 3.63) is 59.9 Å². The molecule has 0 aliphatic heterocycles. The molecule has 0 spiro atoms. The Hall–Kier alpha value is -2.87. The summed E-state index contributed by atoms with van der Waals surface area (Å²) in [4.78, 5) is 0. The van der Waals surface area contributed by atoms with Gasteiger partial charge in [-0.05, 0) is 17.7 Å². The van der Waals surface area contributed by atoms with Crippen molar-refractivity contribution in [1.29, 1.82) is 5.26 Å². The first-order chi connectivity index (χ1) is 9.38. The summed E-state index contributed by atoms with van der Waals surface area (Å²) in [5, 5.41) is 19.4. The Morgan fingerprint density at radius 3 is 2.74 bits per heavy atom. The van der Waals surface area contributed by atoms with Crippen molar-refractivity contribution >= 4 is 0 Å². The number of aromatic amines is 1. The lowest BCUT2D eigenvalue weighted by Gasteiger charge is -2.07. The number of hydrogen-bond donors (Lipinski definition) is 1. The topological polar surface area (TPSA) is 70.3 Å². The van der Waals surface area contributed by atoms with E-state index in [2.05, 4.69) is 27.5 Å². The highest BCUT2D eigenvalue weighted by Crippen LogP contribution is 2.20. The van der Waals surface area contributed by atoms with Crippen LogP contribution in [0.15, 0.2) is 48.7 Å². The molecule has 0 saturated heterocycles. The second-order valence-electron chi connectivity index (χ2n) is 4.14. The van der Waals surface area contributed by atoms with E-state index in [9.17, 15) is 0 Å². The fraction of sp³-hybridized carbons (Fsp3) is 0.0714. The molecule has 3 rings (SSSR count). The summed E-state index contributed by atoms with van der Waals surface area (Å²) in [6.45, 7) is 0.737. The van der Waals surface area contributed by atoms with Gasteiger partial charge in [0, 0.05) is 12.7 Å². The maximum absolute atomic E-state index is 9.01. The Balaban J connectivity index is 1.98. The number of nitrogens with one attached hydrogen (secondary N) is 1. The molecular formula is C14H11N5. The van der Waals surface area contributed by atoms with Crippen LogP contribution in [-0.4, -0.2) is 20.0 Å². The standard InChI is InChI=1S/C14H11N5/c15-9-12-14(17-18-16-12)13-7-4-8-19(13)10-11-5-2-1-3-6-11/h1-8H,10H2,(H,16,17,18). The summed E-state index contributed by atoms with van der Waals surface area (Å²) in [6.07, 6.45) is 1.97. The lowest BCUT2D eigenvalue weighted by atomic mass is 10.2. The van der Waals surface area contributed by atoms with E-state index in [-0.39, 0.29) is 0 Å². The summed E-state index contributed by atoms with van der Waals surface area (Å²) in [5.41, 5.74) is 2.98. The van der Waals surface area contributed by atoms with Gasteiger partial charge in [0.25, 0.3) is 0 Å². The zero-order valence-corrected chi connectivity index (χ0v) is 10.1. The van der Waals surface area contributed by atoms with Crippen LogP contribution < -0.4 is 0 Å². The fourth-order valence-corrected chi connectivity index (χ4v) is 2.03. The lowest BCUT2D eigenvalue weighted by Crippen LogP contribution is -2.01. The van der Waals surface area contributed by atoms with Gasteiger partial charge in [-0.25, -0.2) is 0 Å². The molecule has 0 radical (unpaired) electrons. The van der Waals surface area contributed by atoms with Gasteiger partial charge in [-0.15, -0.1) is 5.10 Å². The van der Waals surface area contributed by atoms with Gasteiger partial charge in [-0.2, -0.15) is 15.6 Å². The Morgan fingerprint density at radius 2 is 1.95 bits per heavy atom. The molecule has 0 unspecified atom stereocenters. The molecular weight excluding hydrogens is 238 g/mol. The van der Waals surface area contributed by atoms with Gasteiger partial charge in [0.1, 0.15) is 11.8 Å². The normalized spacial score (nSPS) is 10.3. The van der Waals surface area contributed by atoms with Gasteiger partial charge < -0.3 is 4.57 Å². The van der Waals surface area contributed by atoms with Crippen molar-refractivity contribution in [2.45, 2.75) is 6.54 Å². The quantitative estimate of drug-likeness (QED) is 0.773. The average molecular weight is 249 g/mol. The third-order valence-corrected chi connectivity index (χ3v) is 2.92. The monoisotopic (exact) mass is 249 g/mol. The summed E-state index contributed by atoms with van der Waals surface area (Å²) in [5.74, 6) is 0. The van der Waals surface area contributed by atoms with Crippen molar-refractivity contribution < 1.29 is 0 Å². The third-order valence-electron chi connectivity index (χ3n) is 2.92. The fourth-order valence-electron chi connectivity index (χ4n) is 2.03. The maximum Gasteiger partial charge on any atom is 0.191 e. The number of aromatic nitrogens is 4. The number of rotatable bonds is 3. The Labute approximate surface area is 110 Å². The highest BCUT2D eigenvalue weighted by molar-refractivity contribution is 5.61. The van der Waals surface area contributed by atoms with E-state index in [1.54, 1.807) is 0 Å². The van der Waals surface area contributed by atoms with Crippen LogP contribution in [0.5, 0.6) is 0 Å². The van der Waals surface area contributed by atoms with Crippen LogP contribution in [0.4, 0.5) is 0 Å². The summed E-state index contributed by atoms with van der Waals surface area (Å²) < 4.78 is 2.05. The smallest absolute Gasteiger partial charge is 0.191 e. The number of hydrogen-bond acceptors (Lipinski definition) is 3. The molecule has 2 aromatic heterocycles. The van der Waals surface area contributed by atoms with E-state index < -0.39 is 0 Å². The van der Waals surface area contributed by atoms with E-state index in [1.165, 1.54) is 5.56 Å². The first-order valence-corrected chi connectivity index (χ1v) is 5.89. The number of benzene rings is 1. The predicted molar refractivity (Wildman–Crippen MR) is 70.1 cm³/mol. The van der Waals surface area contributed by atoms with Crippen molar-refractivity contribution in [3.63, 3.8) is 0 Å². The van der Waals surface area contributed by atoms with Gasteiger partial charge in [-0.1, -0.05) is 30.3 Å². The van der Waals surface area contributed by atoms with Crippen LogP contribution in [0.1, 0.15) is 11.3 Å². The summed E-state index contributed by atoms with van der Waals surface area (Å²) in [7, 11) is 0. The van der Waals surface area contributed by atoms with Crippen molar-refractivity contribution in [2.75, 3.05) is 0 Å². The average Bonchev–Trinajstić information content (AvgIpc) is 3.07. The van der Waals surface area contributed by atoms with Crippen LogP contribution in [0.25, 0.3) is 11.4 Å². The van der Waals surface area contributed by atoms with E-state index in [4.69, 9.17) is 5.26 Å². The van der Waals surface area contributed by atoms with E-state index >= 15 is 0 Å². The minimum absolute atomic E-state index is 0.313. The second-order valence-corrected chi connectivity index (χ2v) is 4.14. The molecule has 1 aromatic carbocycles. The molecule has 5 heteroatoms. The largest absolute Gasteiger partial charge is 0.342 e. The Bertz CT molecular complexity index is 718. The first kappa shape index (κ1) is 11.2. The molecule has 1 N–H and O–H groups in total. The molecule has 19 heavy (non-hydrogen) atoms. The predicted octanol–water partition coefficient (Wildman–Crippen LogP) is 2.19. The highest BCUT2D eigenvalue weighted by atomic mass is 15.3. The second kappa shape index (κ2) is 4.78. The molecule has 0 aliphatic carbocycles. The molecule has 3 aromatic rings. The molecule has 0 atom stereocenters. The van der Waals surface area contributed by atoms with E-state index in [0.717, 1.165) is 12.2 Å². The van der Waals surface area contributed by atoms with Gasteiger partial charge in [0.15, 0.2) is 5.69 Å². The van der Waals surface area contributed by atoms with Crippen LogP contribution in [0, 0.1) is 11.3 Å². The first-order valence-electron chi connectivity index (χ1n) is 5.89. The lowest BCUT2D eigenvalue weighted by molar-refractivity contribution is 0.810. The minimum Gasteiger partial charge on any atom is -0.342 e. The zero-order chi connectivity index (χ0) is 13.1. The van der Waals surface area contributed by atoms with Gasteiger partial charge >= 0.3 is 0 Å². The van der Waals surface area contributed by atoms with Crippen molar-refractivity contribution in [2.24, 2.45) is 0 Å². The van der Waals surface area contributed by atoms with Crippen molar-refractivity contribution in [3.8, 4) is 17.5 Å². The SMILES string of the molecule is N#Cc1n[nH]nc1-c1cccn1Cc1ccccc1. The third kappa shape index (κ3) is 2.11. The molecule has 92 valence electrons. The number of nitrogens with zero attached hydrogens (tertiary/aromatic N) is 4. The van der Waals surface area contributed by atoms with Crippen molar-refractivity contribution in [1.82, 2.24) is 20.0 Å². The highest BCUT2D eigenvalue weighted by Gasteiger charge is 2.13. The molecule has 0 bridgehead atoms. The van der Waals surface area contributed by atoms with E-state index in [1.807, 2.05) is 47.2 Å². The minimum atomic E-state index is 0.313. The summed E-state index contributed by atoms with van der Waals surface area (Å²) in [6, 6.07) is 16.1. The molecule has 0 amide bonds. The Kier molecular flexibility index (Phi) is 2.83. The number of nitriles is 1. The zero-order valence-electron chi connectivity index (χ0n) is 10.1. The van der Waals surface area contributed by atoms with Crippen LogP contribution in [-0.2, 0) is 6.54 Å². The maximum atomic E-state index is 9.01. The van der Waals surface area contributed by atoms with Crippen LogP contribution in [0.2, 0.25) is 0 Å². The molecule has 0 saturated carbocycles. The Morgan fingerprint density at radius 1 is 1.11 bits per heavy atom. The molecule has 0 aliphatic rings. The molecule has 2 heterocycles. The van der Waals surface area contributed by atoms with E-state index in [0.29, 0.717) is 11.4 Å². The number of H-pyrrole nitrogens is 1. The van der Waals surface area contributed by atoms with Crippen LogP contribution in [0.3, 0.4) is 0 Å². The van der Waals surface area contributed by atoms with Gasteiger partial charge in [-0.3, -0.25) is 0 Å². The summed E-state index contributed by atoms with van der Waals surface area (Å²) >= 11 is 0. The van der Waals surface area contributed by atoms with Crippen LogP contribution >= 0.6 is 0 Å². The van der Waals surface area contributed by atoms with Gasteiger partial charge in [0.05, 0.1) is 5.69 Å². The molecule has 5 nitrogen and oxygen atoms in total. The molecule has 0 fully saturated rings. The van der Waals surface area contributed by atoms with Gasteiger partial charge in [0.2, 0.25) is 0 Å².